The van der Waals surface area contributed by atoms with Gasteiger partial charge in [-0.3, -0.25) is 0 Å². The first-order valence-corrected chi connectivity index (χ1v) is 10.5. The van der Waals surface area contributed by atoms with E-state index in [1.54, 1.807) is 0 Å². The monoisotopic (exact) mass is 397 g/mol. The molecule has 0 bridgehead atoms. The van der Waals surface area contributed by atoms with Crippen molar-refractivity contribution in [3.63, 3.8) is 0 Å². The smallest absolute Gasteiger partial charge is 0.375 e. The predicted octanol–water partition coefficient (Wildman–Crippen LogP) is 5.06. The molecular formula is C22H27NOSiTi+4. The van der Waals surface area contributed by atoms with Crippen molar-refractivity contribution >= 4 is 14.9 Å². The molecule has 3 rings (SSSR count). The minimum absolute atomic E-state index is 0. The molecule has 0 fully saturated rings. The maximum absolute atomic E-state index is 13.0. The Morgan fingerprint density at radius 1 is 1.00 bits per heavy atom. The van der Waals surface area contributed by atoms with Gasteiger partial charge in [-0.15, -0.1) is 0 Å². The van der Waals surface area contributed by atoms with Gasteiger partial charge in [0.2, 0.25) is 0 Å². The van der Waals surface area contributed by atoms with E-state index >= 15 is 0 Å². The Bertz CT molecular complexity index is 795. The van der Waals surface area contributed by atoms with E-state index in [0.717, 1.165) is 6.42 Å². The van der Waals surface area contributed by atoms with Crippen LogP contribution in [0.3, 0.4) is 0 Å². The largest absolute Gasteiger partial charge is 4.00 e. The summed E-state index contributed by atoms with van der Waals surface area (Å²) in [6.45, 7) is 6.37. The van der Waals surface area contributed by atoms with Gasteiger partial charge in [0.15, 0.2) is 0 Å². The molecule has 0 radical (unpaired) electrons. The molecule has 2 aromatic carbocycles. The molecule has 1 aliphatic rings. The predicted molar refractivity (Wildman–Crippen MR) is 106 cm³/mol. The molecule has 4 heteroatoms. The van der Waals surface area contributed by atoms with Gasteiger partial charge in [-0.1, -0.05) is 66.2 Å². The maximum Gasteiger partial charge on any atom is 4.00 e. The van der Waals surface area contributed by atoms with Crippen molar-refractivity contribution in [2.45, 2.75) is 44.7 Å². The Kier molecular flexibility index (Phi) is 6.95. The van der Waals surface area contributed by atoms with Gasteiger partial charge in [-0.25, -0.2) is 0 Å². The Morgan fingerprint density at radius 2 is 1.62 bits per heavy atom. The molecule has 0 spiro atoms. The van der Waals surface area contributed by atoms with Crippen LogP contribution in [-0.4, -0.2) is 26.0 Å². The molecule has 0 heterocycles. The van der Waals surface area contributed by atoms with Crippen molar-refractivity contribution in [1.82, 2.24) is 4.57 Å². The van der Waals surface area contributed by atoms with Crippen molar-refractivity contribution < 1.29 is 26.2 Å². The van der Waals surface area contributed by atoms with Crippen LogP contribution in [0.15, 0.2) is 60.2 Å². The van der Waals surface area contributed by atoms with Crippen LogP contribution >= 0.6 is 0 Å². The van der Waals surface area contributed by atoms with Gasteiger partial charge in [0, 0.05) is 24.5 Å². The third kappa shape index (κ3) is 4.70. The molecule has 0 aliphatic heterocycles. The van der Waals surface area contributed by atoms with E-state index in [2.05, 4.69) is 86.0 Å². The summed E-state index contributed by atoms with van der Waals surface area (Å²) in [5.74, 6) is 0.257. The zero-order chi connectivity index (χ0) is 18.0. The molecule has 2 nitrogen and oxygen atoms in total. The molecule has 0 saturated heterocycles. The van der Waals surface area contributed by atoms with Crippen molar-refractivity contribution in [3.05, 3.63) is 76.9 Å². The van der Waals surface area contributed by atoms with Gasteiger partial charge in [-0.2, -0.15) is 0 Å². The van der Waals surface area contributed by atoms with Gasteiger partial charge in [-0.05, 0) is 43.9 Å². The van der Waals surface area contributed by atoms with Crippen LogP contribution in [-0.2, 0) is 32.6 Å². The summed E-state index contributed by atoms with van der Waals surface area (Å²) in [7, 11) is 0.158. The summed E-state index contributed by atoms with van der Waals surface area (Å²) in [6.07, 6.45) is 3.23. The van der Waals surface area contributed by atoms with Crippen LogP contribution in [0.1, 0.15) is 43.4 Å². The fraction of sp³-hybridized carbons (Fsp3) is 0.364. The summed E-state index contributed by atoms with van der Waals surface area (Å²) in [5, 5.41) is 0. The second kappa shape index (κ2) is 8.60. The van der Waals surface area contributed by atoms with E-state index in [4.69, 9.17) is 0 Å². The molecule has 1 atom stereocenters. The van der Waals surface area contributed by atoms with Crippen molar-refractivity contribution in [2.24, 2.45) is 0 Å². The quantitative estimate of drug-likeness (QED) is 0.658. The third-order valence-electron chi connectivity index (χ3n) is 5.17. The Balaban J connectivity index is 0.00000243. The van der Waals surface area contributed by atoms with Crippen LogP contribution in [0.2, 0.25) is 6.04 Å². The Morgan fingerprint density at radius 3 is 2.27 bits per heavy atom. The van der Waals surface area contributed by atoms with Gasteiger partial charge in [0.05, 0.1) is 0 Å². The number of allylic oxidation sites excluding steroid dienone is 1. The molecule has 0 saturated carbocycles. The van der Waals surface area contributed by atoms with Crippen molar-refractivity contribution in [3.8, 4) is 0 Å². The summed E-state index contributed by atoms with van der Waals surface area (Å²) < 4.78 is 15.1. The summed E-state index contributed by atoms with van der Waals surface area (Å²) >= 11 is 0. The number of hydrogen-bond donors (Lipinski definition) is 0. The van der Waals surface area contributed by atoms with Crippen LogP contribution in [0.25, 0.3) is 6.08 Å². The van der Waals surface area contributed by atoms with Gasteiger partial charge in [0.25, 0.3) is 0 Å². The van der Waals surface area contributed by atoms with Gasteiger partial charge in [0.1, 0.15) is 0 Å². The number of rotatable bonds is 5. The Hall–Kier alpha value is -1.29. The first-order chi connectivity index (χ1) is 11.9. The first kappa shape index (κ1) is 21.0. The molecule has 0 amide bonds. The normalized spacial score (nSPS) is 15.7. The summed E-state index contributed by atoms with van der Waals surface area (Å²) in [6, 6.07) is 19.8. The molecule has 2 aromatic rings. The fourth-order valence-electron chi connectivity index (χ4n) is 3.39. The average molecular weight is 397 g/mol. The third-order valence-corrected chi connectivity index (χ3v) is 7.35. The van der Waals surface area contributed by atoms with Crippen LogP contribution in [0.4, 0.5) is 0 Å². The molecule has 1 aliphatic carbocycles. The molecule has 26 heavy (non-hydrogen) atoms. The molecule has 130 valence electrons. The molecule has 0 aromatic heterocycles. The molecule has 0 N–H and O–H groups in total. The summed E-state index contributed by atoms with van der Waals surface area (Å²) in [5.41, 5.74) is 5.24. The number of hydrogen-bond acceptors (Lipinski definition) is 1. The molecule has 1 unspecified atom stereocenters. The van der Waals surface area contributed by atoms with E-state index in [1.165, 1.54) is 22.3 Å². The molecular weight excluding hydrogens is 370 g/mol. The Labute approximate surface area is 173 Å². The fourth-order valence-corrected chi connectivity index (χ4v) is 5.25. The van der Waals surface area contributed by atoms with Gasteiger partial charge < -0.3 is 9.03 Å². The van der Waals surface area contributed by atoms with Crippen LogP contribution in [0, 0.1) is 0 Å². The average Bonchev–Trinajstić information content (AvgIpc) is 2.91. The maximum atomic E-state index is 13.0. The summed E-state index contributed by atoms with van der Waals surface area (Å²) in [4.78, 5) is 0. The minimum atomic E-state index is -1.83. The zero-order valence-corrected chi connectivity index (χ0v) is 18.7. The van der Waals surface area contributed by atoms with Crippen molar-refractivity contribution in [1.29, 1.82) is 0 Å². The van der Waals surface area contributed by atoms with Gasteiger partial charge >= 0.3 is 30.6 Å². The topological polar surface area (TPSA) is 20.3 Å². The van der Waals surface area contributed by atoms with Crippen LogP contribution < -0.4 is 0 Å². The number of benzene rings is 2. The van der Waals surface area contributed by atoms with E-state index < -0.39 is 8.84 Å². The number of nitrogens with zero attached hydrogens (tertiary/aromatic N) is 1. The number of fused-ring (bicyclic) bond motifs is 1. The first-order valence-electron chi connectivity index (χ1n) is 8.96. The van der Waals surface area contributed by atoms with E-state index in [9.17, 15) is 4.46 Å². The van der Waals surface area contributed by atoms with E-state index in [1.807, 2.05) is 7.05 Å². The van der Waals surface area contributed by atoms with Crippen molar-refractivity contribution in [2.75, 3.05) is 7.05 Å². The van der Waals surface area contributed by atoms with Crippen LogP contribution in [0.5, 0.6) is 0 Å². The second-order valence-corrected chi connectivity index (χ2v) is 9.76. The minimum Gasteiger partial charge on any atom is -0.375 e. The second-order valence-electron chi connectivity index (χ2n) is 7.89. The standard InChI is InChI=1S/C22H27NOSi.Ti/c1-22(2,3)23(4)25(24)16-21-19(14-17-10-6-5-7-11-17)15-18-12-8-9-13-20(18)21;/h5-13,15,21H,14,16H2,1-4H3;/q;+4. The SMILES string of the molecule is CN([Si](=O)CC1C(Cc2ccccc2)=Cc2ccccc21)C(C)(C)C.[Ti+4]. The van der Waals surface area contributed by atoms with E-state index in [-0.39, 0.29) is 33.2 Å². The van der Waals surface area contributed by atoms with E-state index in [0.29, 0.717) is 6.04 Å². The zero-order valence-electron chi connectivity index (χ0n) is 16.1.